The van der Waals surface area contributed by atoms with Gasteiger partial charge in [-0.15, -0.1) is 12.4 Å². The minimum atomic E-state index is -3.71. The number of aromatic nitrogens is 1. The predicted molar refractivity (Wildman–Crippen MR) is 158 cm³/mol. The number of benzene rings is 3. The fourth-order valence-electron chi connectivity index (χ4n) is 4.03. The summed E-state index contributed by atoms with van der Waals surface area (Å²) in [6, 6.07) is 23.6. The second-order valence-electron chi connectivity index (χ2n) is 9.02. The molecule has 4 rings (SSSR count). The first kappa shape index (κ1) is 29.7. The lowest BCUT2D eigenvalue weighted by atomic mass is 10.2. The van der Waals surface area contributed by atoms with Crippen molar-refractivity contribution in [2.75, 3.05) is 38.6 Å². The van der Waals surface area contributed by atoms with Crippen molar-refractivity contribution in [3.8, 4) is 0 Å². The average molecular weight is 573 g/mol. The number of anilines is 1. The van der Waals surface area contributed by atoms with E-state index in [1.165, 1.54) is 27.8 Å². The molecule has 0 fully saturated rings. The first-order valence-corrected chi connectivity index (χ1v) is 14.5. The molecule has 0 saturated heterocycles. The maximum Gasteiger partial charge on any atom is 0.260 e. The highest BCUT2D eigenvalue weighted by Crippen LogP contribution is 2.30. The summed E-state index contributed by atoms with van der Waals surface area (Å²) >= 11 is 1.48. The normalized spacial score (nSPS) is 11.6. The Kier molecular flexibility index (Phi) is 10.4. The maximum absolute atomic E-state index is 13.6. The van der Waals surface area contributed by atoms with Gasteiger partial charge in [0, 0.05) is 25.2 Å². The van der Waals surface area contributed by atoms with Crippen LogP contribution in [0, 0.1) is 0 Å². The molecule has 4 aromatic rings. The standard InChI is InChI=1S/C28H32N4O3S2.ClH/c1-4-31(21-22-11-6-5-7-12-22)37(34,35)24-17-15-23(16-18-24)27(33)32(20-10-19-30(2)3)28-29-25-13-8-9-14-26(25)36-28;/h5-9,11-18H,4,10,19-21H2,1-3H3;1H. The fourth-order valence-corrected chi connectivity index (χ4v) is 6.46. The van der Waals surface area contributed by atoms with Gasteiger partial charge in [-0.25, -0.2) is 13.4 Å². The number of para-hydroxylation sites is 1. The van der Waals surface area contributed by atoms with Crippen molar-refractivity contribution in [1.29, 1.82) is 0 Å². The highest BCUT2D eigenvalue weighted by atomic mass is 35.5. The van der Waals surface area contributed by atoms with Crippen LogP contribution in [0.5, 0.6) is 0 Å². The third-order valence-corrected chi connectivity index (χ3v) is 9.03. The molecule has 0 aliphatic carbocycles. The Bertz CT molecular complexity index is 1410. The van der Waals surface area contributed by atoms with Crippen molar-refractivity contribution >= 4 is 55.0 Å². The Balaban J connectivity index is 0.00000400. The smallest absolute Gasteiger partial charge is 0.260 e. The molecular weight excluding hydrogens is 540 g/mol. The molecule has 0 radical (unpaired) electrons. The monoisotopic (exact) mass is 572 g/mol. The second kappa shape index (κ2) is 13.3. The molecule has 1 amide bonds. The largest absolute Gasteiger partial charge is 0.309 e. The second-order valence-corrected chi connectivity index (χ2v) is 12.0. The number of rotatable bonds is 11. The Hall–Kier alpha value is -2.82. The summed E-state index contributed by atoms with van der Waals surface area (Å²) < 4.78 is 29.1. The van der Waals surface area contributed by atoms with Gasteiger partial charge in [-0.2, -0.15) is 4.31 Å². The zero-order valence-corrected chi connectivity index (χ0v) is 24.2. The van der Waals surface area contributed by atoms with Gasteiger partial charge in [-0.1, -0.05) is 60.7 Å². The molecule has 0 spiro atoms. The average Bonchev–Trinajstić information content (AvgIpc) is 3.34. The number of amides is 1. The SMILES string of the molecule is CCN(Cc1ccccc1)S(=O)(=O)c1ccc(C(=O)N(CCCN(C)C)c2nc3ccccc3s2)cc1.Cl. The number of sulfonamides is 1. The summed E-state index contributed by atoms with van der Waals surface area (Å²) in [5.41, 5.74) is 2.20. The Morgan fingerprint density at radius 2 is 1.55 bits per heavy atom. The van der Waals surface area contributed by atoms with E-state index >= 15 is 0 Å². The van der Waals surface area contributed by atoms with Gasteiger partial charge in [0.15, 0.2) is 5.13 Å². The number of carbonyl (C=O) groups is 1. The number of hydrogen-bond acceptors (Lipinski definition) is 6. The molecule has 0 bridgehead atoms. The van der Waals surface area contributed by atoms with Crippen LogP contribution in [-0.2, 0) is 16.6 Å². The summed E-state index contributed by atoms with van der Waals surface area (Å²) in [5, 5.41) is 0.640. The van der Waals surface area contributed by atoms with Crippen molar-refractivity contribution in [3.05, 3.63) is 90.0 Å². The number of fused-ring (bicyclic) bond motifs is 1. The van der Waals surface area contributed by atoms with Crippen LogP contribution < -0.4 is 4.90 Å². The van der Waals surface area contributed by atoms with Crippen LogP contribution in [0.4, 0.5) is 5.13 Å². The molecular formula is C28H33ClN4O3S2. The number of hydrogen-bond donors (Lipinski definition) is 0. The van der Waals surface area contributed by atoms with Gasteiger partial charge in [0.1, 0.15) is 0 Å². The number of thiazole rings is 1. The van der Waals surface area contributed by atoms with Crippen LogP contribution in [0.2, 0.25) is 0 Å². The minimum absolute atomic E-state index is 0. The van der Waals surface area contributed by atoms with Gasteiger partial charge < -0.3 is 4.90 Å². The molecule has 0 saturated carbocycles. The summed E-state index contributed by atoms with van der Waals surface area (Å²) in [7, 11) is 0.288. The topological polar surface area (TPSA) is 73.8 Å². The highest BCUT2D eigenvalue weighted by Gasteiger charge is 2.25. The van der Waals surface area contributed by atoms with Gasteiger partial charge >= 0.3 is 0 Å². The van der Waals surface area contributed by atoms with E-state index in [1.807, 2.05) is 75.6 Å². The van der Waals surface area contributed by atoms with E-state index in [9.17, 15) is 13.2 Å². The van der Waals surface area contributed by atoms with Gasteiger partial charge in [0.05, 0.1) is 15.1 Å². The molecule has 0 atom stereocenters. The number of nitrogens with zero attached hydrogens (tertiary/aromatic N) is 4. The summed E-state index contributed by atoms with van der Waals surface area (Å²) in [4.78, 5) is 22.3. The molecule has 0 N–H and O–H groups in total. The van der Waals surface area contributed by atoms with E-state index in [-0.39, 0.29) is 29.8 Å². The Morgan fingerprint density at radius 3 is 2.18 bits per heavy atom. The van der Waals surface area contributed by atoms with E-state index in [0.29, 0.717) is 23.8 Å². The molecule has 7 nitrogen and oxygen atoms in total. The van der Waals surface area contributed by atoms with Gasteiger partial charge in [-0.3, -0.25) is 9.69 Å². The van der Waals surface area contributed by atoms with Crippen LogP contribution in [0.1, 0.15) is 29.3 Å². The van der Waals surface area contributed by atoms with Crippen LogP contribution in [0.3, 0.4) is 0 Å². The zero-order valence-electron chi connectivity index (χ0n) is 21.8. The van der Waals surface area contributed by atoms with E-state index in [1.54, 1.807) is 17.0 Å². The lowest BCUT2D eigenvalue weighted by molar-refractivity contribution is 0.0986. The highest BCUT2D eigenvalue weighted by molar-refractivity contribution is 7.89. The zero-order chi connectivity index (χ0) is 26.4. The van der Waals surface area contributed by atoms with E-state index in [4.69, 9.17) is 4.98 Å². The quantitative estimate of drug-likeness (QED) is 0.236. The lowest BCUT2D eigenvalue weighted by Crippen LogP contribution is -2.33. The van der Waals surface area contributed by atoms with E-state index < -0.39 is 10.0 Å². The van der Waals surface area contributed by atoms with Crippen LogP contribution in [0.15, 0.2) is 83.8 Å². The van der Waals surface area contributed by atoms with Crippen molar-refractivity contribution in [2.45, 2.75) is 24.8 Å². The van der Waals surface area contributed by atoms with E-state index in [0.717, 1.165) is 28.7 Å². The molecule has 0 aliphatic heterocycles. The van der Waals surface area contributed by atoms with Crippen LogP contribution >= 0.6 is 23.7 Å². The van der Waals surface area contributed by atoms with Crippen LogP contribution in [-0.4, -0.2) is 62.2 Å². The molecule has 202 valence electrons. The fraction of sp³-hybridized carbons (Fsp3) is 0.286. The summed E-state index contributed by atoms with van der Waals surface area (Å²) in [6.45, 7) is 3.80. The van der Waals surface area contributed by atoms with Gasteiger partial charge in [-0.05, 0) is 69.0 Å². The summed E-state index contributed by atoms with van der Waals surface area (Å²) in [5.74, 6) is -0.196. The Morgan fingerprint density at radius 1 is 0.895 bits per heavy atom. The molecule has 0 unspecified atom stereocenters. The molecule has 1 aromatic heterocycles. The summed E-state index contributed by atoms with van der Waals surface area (Å²) in [6.07, 6.45) is 0.784. The van der Waals surface area contributed by atoms with Crippen molar-refractivity contribution < 1.29 is 13.2 Å². The molecule has 10 heteroatoms. The van der Waals surface area contributed by atoms with Crippen molar-refractivity contribution in [3.63, 3.8) is 0 Å². The van der Waals surface area contributed by atoms with E-state index in [2.05, 4.69) is 4.90 Å². The first-order chi connectivity index (χ1) is 17.8. The molecule has 1 heterocycles. The number of carbonyl (C=O) groups excluding carboxylic acids is 1. The third kappa shape index (κ3) is 6.98. The van der Waals surface area contributed by atoms with Gasteiger partial charge in [0.2, 0.25) is 10.0 Å². The Labute approximate surface area is 235 Å². The minimum Gasteiger partial charge on any atom is -0.309 e. The van der Waals surface area contributed by atoms with Crippen molar-refractivity contribution in [2.24, 2.45) is 0 Å². The molecule has 3 aromatic carbocycles. The predicted octanol–water partition coefficient (Wildman–Crippen LogP) is 5.53. The number of halogens is 1. The third-order valence-electron chi connectivity index (χ3n) is 6.04. The van der Waals surface area contributed by atoms with Crippen molar-refractivity contribution in [1.82, 2.24) is 14.2 Å². The first-order valence-electron chi connectivity index (χ1n) is 12.3. The van der Waals surface area contributed by atoms with Gasteiger partial charge in [0.25, 0.3) is 5.91 Å². The molecule has 38 heavy (non-hydrogen) atoms. The molecule has 0 aliphatic rings. The van der Waals surface area contributed by atoms with Crippen LogP contribution in [0.25, 0.3) is 10.2 Å². The maximum atomic E-state index is 13.6. The lowest BCUT2D eigenvalue weighted by Gasteiger charge is -2.22.